The topological polar surface area (TPSA) is 101 Å². The van der Waals surface area contributed by atoms with Gasteiger partial charge in [-0.05, 0) is 19.9 Å². The van der Waals surface area contributed by atoms with Gasteiger partial charge in [0.1, 0.15) is 6.54 Å². The Morgan fingerprint density at radius 3 is 2.45 bits per heavy atom. The van der Waals surface area contributed by atoms with E-state index in [1.54, 1.807) is 13.8 Å². The first kappa shape index (κ1) is 15.9. The molecule has 0 unspecified atom stereocenters. The van der Waals surface area contributed by atoms with Crippen LogP contribution in [-0.4, -0.2) is 39.4 Å². The second-order valence-electron chi connectivity index (χ2n) is 4.34. The van der Waals surface area contributed by atoms with Crippen LogP contribution < -0.4 is 0 Å². The molecule has 0 aliphatic heterocycles. The standard InChI is InChI=1S/C12H13ClN2O5/c1-7(2)14(6-11(16)17)12(18)9-4-3-8(15(19)20)5-10(9)13/h3-5,7H,6H2,1-2H3,(H,16,17). The van der Waals surface area contributed by atoms with Crippen LogP contribution in [0.5, 0.6) is 0 Å². The summed E-state index contributed by atoms with van der Waals surface area (Å²) in [5, 5.41) is 19.3. The Hall–Kier alpha value is -2.15. The summed E-state index contributed by atoms with van der Waals surface area (Å²) in [4.78, 5) is 34.1. The van der Waals surface area contributed by atoms with E-state index in [1.807, 2.05) is 0 Å². The molecule has 1 N–H and O–H groups in total. The number of amides is 1. The van der Waals surface area contributed by atoms with Crippen LogP contribution >= 0.6 is 11.6 Å². The lowest BCUT2D eigenvalue weighted by Crippen LogP contribution is -2.40. The molecule has 20 heavy (non-hydrogen) atoms. The van der Waals surface area contributed by atoms with Gasteiger partial charge in [-0.25, -0.2) is 0 Å². The lowest BCUT2D eigenvalue weighted by Gasteiger charge is -2.25. The number of carboxylic acid groups (broad SMARTS) is 1. The van der Waals surface area contributed by atoms with Crippen molar-refractivity contribution in [2.24, 2.45) is 0 Å². The summed E-state index contributed by atoms with van der Waals surface area (Å²) in [6.07, 6.45) is 0. The quantitative estimate of drug-likeness (QED) is 0.663. The first-order valence-corrected chi connectivity index (χ1v) is 6.08. The van der Waals surface area contributed by atoms with Crippen LogP contribution in [-0.2, 0) is 4.79 Å². The second-order valence-corrected chi connectivity index (χ2v) is 4.75. The van der Waals surface area contributed by atoms with Gasteiger partial charge in [-0.3, -0.25) is 19.7 Å². The van der Waals surface area contributed by atoms with E-state index in [0.29, 0.717) is 0 Å². The van der Waals surface area contributed by atoms with Crippen LogP contribution in [0.4, 0.5) is 5.69 Å². The van der Waals surface area contributed by atoms with Gasteiger partial charge in [-0.2, -0.15) is 0 Å². The molecule has 0 saturated carbocycles. The Labute approximate surface area is 119 Å². The maximum atomic E-state index is 12.2. The Morgan fingerprint density at radius 2 is 2.05 bits per heavy atom. The normalized spacial score (nSPS) is 10.4. The molecule has 0 atom stereocenters. The van der Waals surface area contributed by atoms with E-state index in [4.69, 9.17) is 16.7 Å². The van der Waals surface area contributed by atoms with Crippen molar-refractivity contribution < 1.29 is 19.6 Å². The number of carbonyl (C=O) groups is 2. The minimum Gasteiger partial charge on any atom is -0.480 e. The van der Waals surface area contributed by atoms with Crippen LogP contribution in [0.2, 0.25) is 5.02 Å². The largest absolute Gasteiger partial charge is 0.480 e. The lowest BCUT2D eigenvalue weighted by atomic mass is 10.1. The number of benzene rings is 1. The minimum atomic E-state index is -1.15. The average Bonchev–Trinajstić information content (AvgIpc) is 2.34. The van der Waals surface area contributed by atoms with E-state index in [-0.39, 0.29) is 22.3 Å². The molecule has 1 amide bonds. The maximum Gasteiger partial charge on any atom is 0.323 e. The Bertz CT molecular complexity index is 559. The fraction of sp³-hybridized carbons (Fsp3) is 0.333. The summed E-state index contributed by atoms with van der Waals surface area (Å²) in [5.74, 6) is -1.73. The highest BCUT2D eigenvalue weighted by Crippen LogP contribution is 2.24. The van der Waals surface area contributed by atoms with Gasteiger partial charge in [0.05, 0.1) is 15.5 Å². The fourth-order valence-corrected chi connectivity index (χ4v) is 1.84. The number of nitro groups is 1. The van der Waals surface area contributed by atoms with E-state index in [0.717, 1.165) is 17.0 Å². The average molecular weight is 301 g/mol. The van der Waals surface area contributed by atoms with Crippen molar-refractivity contribution in [2.45, 2.75) is 19.9 Å². The molecule has 0 bridgehead atoms. The lowest BCUT2D eigenvalue weighted by molar-refractivity contribution is -0.384. The molecule has 0 aliphatic rings. The molecule has 0 fully saturated rings. The molecule has 0 aliphatic carbocycles. The summed E-state index contributed by atoms with van der Waals surface area (Å²) < 4.78 is 0. The van der Waals surface area contributed by atoms with Gasteiger partial charge in [0, 0.05) is 18.2 Å². The third-order valence-electron chi connectivity index (χ3n) is 2.58. The highest BCUT2D eigenvalue weighted by molar-refractivity contribution is 6.34. The second kappa shape index (κ2) is 6.33. The van der Waals surface area contributed by atoms with Gasteiger partial charge in [0.15, 0.2) is 0 Å². The number of carboxylic acids is 1. The molecule has 108 valence electrons. The highest BCUT2D eigenvalue weighted by Gasteiger charge is 2.24. The molecule has 0 heterocycles. The Morgan fingerprint density at radius 1 is 1.45 bits per heavy atom. The fourth-order valence-electron chi connectivity index (χ4n) is 1.58. The van der Waals surface area contributed by atoms with E-state index in [9.17, 15) is 19.7 Å². The van der Waals surface area contributed by atoms with Crippen LogP contribution in [0.1, 0.15) is 24.2 Å². The van der Waals surface area contributed by atoms with Gasteiger partial charge in [-0.1, -0.05) is 11.6 Å². The van der Waals surface area contributed by atoms with E-state index >= 15 is 0 Å². The van der Waals surface area contributed by atoms with Crippen LogP contribution in [0.25, 0.3) is 0 Å². The van der Waals surface area contributed by atoms with E-state index in [2.05, 4.69) is 0 Å². The summed E-state index contributed by atoms with van der Waals surface area (Å²) in [6.45, 7) is 2.87. The molecule has 0 aromatic heterocycles. The number of nitro benzene ring substituents is 1. The predicted molar refractivity (Wildman–Crippen MR) is 71.9 cm³/mol. The van der Waals surface area contributed by atoms with Gasteiger partial charge < -0.3 is 10.0 Å². The number of rotatable bonds is 5. The Balaban J connectivity index is 3.12. The van der Waals surface area contributed by atoms with Crippen LogP contribution in [0.15, 0.2) is 18.2 Å². The molecular formula is C12H13ClN2O5. The van der Waals surface area contributed by atoms with Crippen molar-refractivity contribution in [1.29, 1.82) is 0 Å². The number of non-ortho nitro benzene ring substituents is 1. The van der Waals surface area contributed by atoms with Crippen molar-refractivity contribution in [2.75, 3.05) is 6.54 Å². The summed E-state index contributed by atoms with van der Waals surface area (Å²) in [6, 6.07) is 3.09. The monoisotopic (exact) mass is 300 g/mol. The first-order chi connectivity index (χ1) is 9.23. The molecule has 1 aromatic rings. The van der Waals surface area contributed by atoms with Gasteiger partial charge in [-0.15, -0.1) is 0 Å². The van der Waals surface area contributed by atoms with Crippen molar-refractivity contribution in [3.05, 3.63) is 38.9 Å². The summed E-state index contributed by atoms with van der Waals surface area (Å²) >= 11 is 5.85. The number of hydrogen-bond acceptors (Lipinski definition) is 4. The zero-order valence-corrected chi connectivity index (χ0v) is 11.6. The summed E-state index contributed by atoms with van der Waals surface area (Å²) in [5.41, 5.74) is -0.201. The third kappa shape index (κ3) is 3.67. The molecule has 0 radical (unpaired) electrons. The molecule has 0 saturated heterocycles. The number of carbonyl (C=O) groups excluding carboxylic acids is 1. The number of halogens is 1. The van der Waals surface area contributed by atoms with Crippen molar-refractivity contribution >= 4 is 29.2 Å². The van der Waals surface area contributed by atoms with Crippen molar-refractivity contribution in [3.63, 3.8) is 0 Å². The van der Waals surface area contributed by atoms with Crippen LogP contribution in [0, 0.1) is 10.1 Å². The summed E-state index contributed by atoms with van der Waals surface area (Å²) in [7, 11) is 0. The minimum absolute atomic E-state index is 0.0345. The van der Waals surface area contributed by atoms with Crippen molar-refractivity contribution in [1.82, 2.24) is 4.90 Å². The molecular weight excluding hydrogens is 288 g/mol. The zero-order valence-electron chi connectivity index (χ0n) is 10.9. The molecule has 1 aromatic carbocycles. The van der Waals surface area contributed by atoms with E-state index in [1.165, 1.54) is 6.07 Å². The van der Waals surface area contributed by atoms with Crippen molar-refractivity contribution in [3.8, 4) is 0 Å². The maximum absolute atomic E-state index is 12.2. The Kier molecular flexibility index (Phi) is 5.04. The van der Waals surface area contributed by atoms with Crippen LogP contribution in [0.3, 0.4) is 0 Å². The molecule has 8 heteroatoms. The molecule has 7 nitrogen and oxygen atoms in total. The van der Waals surface area contributed by atoms with E-state index < -0.39 is 23.3 Å². The van der Waals surface area contributed by atoms with Gasteiger partial charge >= 0.3 is 5.97 Å². The highest BCUT2D eigenvalue weighted by atomic mass is 35.5. The zero-order chi connectivity index (χ0) is 15.4. The van der Waals surface area contributed by atoms with Gasteiger partial charge in [0.25, 0.3) is 11.6 Å². The molecule has 0 spiro atoms. The third-order valence-corrected chi connectivity index (χ3v) is 2.90. The van der Waals surface area contributed by atoms with Gasteiger partial charge in [0.2, 0.25) is 0 Å². The first-order valence-electron chi connectivity index (χ1n) is 5.70. The number of aliphatic carboxylic acids is 1. The SMILES string of the molecule is CC(C)N(CC(=O)O)C(=O)c1ccc([N+](=O)[O-])cc1Cl. The predicted octanol–water partition coefficient (Wildman–Crippen LogP) is 2.18. The number of nitrogens with zero attached hydrogens (tertiary/aromatic N) is 2. The number of hydrogen-bond donors (Lipinski definition) is 1. The molecule has 1 rings (SSSR count). The smallest absolute Gasteiger partial charge is 0.323 e.